The molecule has 7 N–H and O–H groups in total. The number of nitrogens with one attached hydrogen (secondary N) is 3. The van der Waals surface area contributed by atoms with Crippen LogP contribution in [0.25, 0.3) is 0 Å². The average Bonchev–Trinajstić information content (AvgIpc) is 2.65. The maximum absolute atomic E-state index is 12.6. The second-order valence-electron chi connectivity index (χ2n) is 6.00. The lowest BCUT2D eigenvalue weighted by atomic mass is 10.1. The lowest BCUT2D eigenvalue weighted by Gasteiger charge is -2.23. The van der Waals surface area contributed by atoms with Gasteiger partial charge in [-0.2, -0.15) is 23.5 Å². The fraction of sp³-hybridized carbons (Fsp3) is 0.688. The molecule has 13 heteroatoms. The highest BCUT2D eigenvalue weighted by Crippen LogP contribution is 2.05. The molecule has 0 fully saturated rings. The number of aliphatic carboxylic acids is 2. The number of carboxylic acid groups (broad SMARTS) is 2. The van der Waals surface area contributed by atoms with E-state index in [1.807, 2.05) is 17.8 Å². The van der Waals surface area contributed by atoms with Crippen LogP contribution in [0.15, 0.2) is 0 Å². The van der Waals surface area contributed by atoms with Crippen LogP contribution in [-0.2, 0) is 24.0 Å². The van der Waals surface area contributed by atoms with Crippen LogP contribution in [0.1, 0.15) is 19.3 Å². The molecule has 3 unspecified atom stereocenters. The minimum Gasteiger partial charge on any atom is -0.481 e. The van der Waals surface area contributed by atoms with E-state index in [2.05, 4.69) is 10.6 Å². The molecule has 0 aliphatic carbocycles. The van der Waals surface area contributed by atoms with E-state index in [0.29, 0.717) is 17.9 Å². The summed E-state index contributed by atoms with van der Waals surface area (Å²) in [4.78, 5) is 58.4. The zero-order valence-electron chi connectivity index (χ0n) is 16.3. The van der Waals surface area contributed by atoms with Gasteiger partial charge in [0.05, 0.1) is 12.5 Å². The summed E-state index contributed by atoms with van der Waals surface area (Å²) in [5, 5.41) is 24.4. The molecule has 0 radical (unpaired) electrons. The third kappa shape index (κ3) is 12.2. The Morgan fingerprint density at radius 1 is 0.828 bits per heavy atom. The molecule has 0 saturated heterocycles. The third-order valence-corrected chi connectivity index (χ3v) is 4.93. The monoisotopic (exact) mass is 452 g/mol. The van der Waals surface area contributed by atoms with Gasteiger partial charge < -0.3 is 31.9 Å². The van der Waals surface area contributed by atoms with Crippen molar-refractivity contribution in [3.63, 3.8) is 0 Å². The Hall–Kier alpha value is -1.99. The van der Waals surface area contributed by atoms with Crippen molar-refractivity contribution in [3.05, 3.63) is 0 Å². The second-order valence-corrected chi connectivity index (χ2v) is 7.97. The molecule has 0 heterocycles. The number of thioether (sulfide) groups is 2. The zero-order chi connectivity index (χ0) is 22.4. The van der Waals surface area contributed by atoms with Crippen LogP contribution in [0.4, 0.5) is 0 Å². The molecule has 3 amide bonds. The van der Waals surface area contributed by atoms with E-state index in [0.717, 1.165) is 0 Å². The fourth-order valence-corrected chi connectivity index (χ4v) is 3.06. The van der Waals surface area contributed by atoms with Crippen molar-refractivity contribution >= 4 is 53.2 Å². The van der Waals surface area contributed by atoms with E-state index in [-0.39, 0.29) is 6.42 Å². The average molecular weight is 453 g/mol. The Bertz CT molecular complexity index is 592. The van der Waals surface area contributed by atoms with Gasteiger partial charge in [-0.1, -0.05) is 0 Å². The highest BCUT2D eigenvalue weighted by atomic mass is 32.2. The number of carbonyl (C=O) groups is 5. The molecular formula is C16H28N4O7S2. The molecule has 3 atom stereocenters. The summed E-state index contributed by atoms with van der Waals surface area (Å²) in [7, 11) is 0. The standard InChI is InChI=1S/C16H28N4O7S2/c1-28-5-3-9(17)14(25)19-10(4-6-29-2)16(27)20-11(7-12(21)22)15(26)18-8-13(23)24/h9-11H,3-8,17H2,1-2H3,(H,18,26)(H,19,25)(H,20,27)(H,21,22)(H,23,24). The van der Waals surface area contributed by atoms with Crippen molar-refractivity contribution < 1.29 is 34.2 Å². The number of carbonyl (C=O) groups excluding carboxylic acids is 3. The van der Waals surface area contributed by atoms with Gasteiger partial charge in [0.15, 0.2) is 0 Å². The normalized spacial score (nSPS) is 13.6. The van der Waals surface area contributed by atoms with E-state index >= 15 is 0 Å². The highest BCUT2D eigenvalue weighted by molar-refractivity contribution is 7.98. The predicted molar refractivity (Wildman–Crippen MR) is 111 cm³/mol. The molecule has 0 aliphatic rings. The summed E-state index contributed by atoms with van der Waals surface area (Å²) in [6.45, 7) is -0.720. The van der Waals surface area contributed by atoms with Gasteiger partial charge in [-0.05, 0) is 36.9 Å². The first kappa shape index (κ1) is 27.0. The molecule has 0 aromatic heterocycles. The van der Waals surface area contributed by atoms with Crippen molar-refractivity contribution in [1.29, 1.82) is 0 Å². The maximum Gasteiger partial charge on any atom is 0.322 e. The van der Waals surface area contributed by atoms with Gasteiger partial charge in [-0.25, -0.2) is 0 Å². The molecule has 11 nitrogen and oxygen atoms in total. The number of carboxylic acids is 2. The third-order valence-electron chi connectivity index (χ3n) is 3.64. The van der Waals surface area contributed by atoms with Gasteiger partial charge >= 0.3 is 11.9 Å². The summed E-state index contributed by atoms with van der Waals surface area (Å²) < 4.78 is 0. The summed E-state index contributed by atoms with van der Waals surface area (Å²) in [5.74, 6) is -3.71. The van der Waals surface area contributed by atoms with E-state index in [4.69, 9.17) is 15.9 Å². The van der Waals surface area contributed by atoms with E-state index in [9.17, 15) is 24.0 Å². The minimum atomic E-state index is -1.49. The first-order valence-corrected chi connectivity index (χ1v) is 11.5. The lowest BCUT2D eigenvalue weighted by Crippen LogP contribution is -2.56. The Kier molecular flexibility index (Phi) is 13.9. The molecule has 0 spiro atoms. The van der Waals surface area contributed by atoms with Crippen molar-refractivity contribution in [2.45, 2.75) is 37.4 Å². The maximum atomic E-state index is 12.6. The highest BCUT2D eigenvalue weighted by Gasteiger charge is 2.29. The molecule has 0 rings (SSSR count). The quantitative estimate of drug-likeness (QED) is 0.170. The lowest BCUT2D eigenvalue weighted by molar-refractivity contribution is -0.141. The second kappa shape index (κ2) is 14.9. The molecule has 29 heavy (non-hydrogen) atoms. The fourth-order valence-electron chi connectivity index (χ4n) is 2.10. The van der Waals surface area contributed by atoms with Crippen LogP contribution in [0, 0.1) is 0 Å². The first-order valence-electron chi connectivity index (χ1n) is 8.67. The molecule has 0 bridgehead atoms. The number of amides is 3. The van der Waals surface area contributed by atoms with Gasteiger partial charge in [0.2, 0.25) is 17.7 Å². The van der Waals surface area contributed by atoms with E-state index in [1.54, 1.807) is 0 Å². The Labute approximate surface area is 177 Å². The van der Waals surface area contributed by atoms with Gasteiger partial charge in [-0.3, -0.25) is 24.0 Å². The van der Waals surface area contributed by atoms with Gasteiger partial charge in [0.25, 0.3) is 0 Å². The molecular weight excluding hydrogens is 424 g/mol. The van der Waals surface area contributed by atoms with Crippen LogP contribution in [0.2, 0.25) is 0 Å². The van der Waals surface area contributed by atoms with Crippen LogP contribution in [0.3, 0.4) is 0 Å². The summed E-state index contributed by atoms with van der Waals surface area (Å²) >= 11 is 2.97. The molecule has 0 aromatic carbocycles. The van der Waals surface area contributed by atoms with Crippen molar-refractivity contribution in [2.75, 3.05) is 30.6 Å². The van der Waals surface area contributed by atoms with Crippen LogP contribution in [-0.4, -0.2) is 88.6 Å². The smallest absolute Gasteiger partial charge is 0.322 e. The van der Waals surface area contributed by atoms with E-state index in [1.165, 1.54) is 23.5 Å². The van der Waals surface area contributed by atoms with Gasteiger partial charge in [0, 0.05) is 0 Å². The zero-order valence-corrected chi connectivity index (χ0v) is 17.9. The minimum absolute atomic E-state index is 0.241. The van der Waals surface area contributed by atoms with Crippen LogP contribution in [0.5, 0.6) is 0 Å². The molecule has 0 aliphatic heterocycles. The van der Waals surface area contributed by atoms with Gasteiger partial charge in [0.1, 0.15) is 18.6 Å². The molecule has 0 saturated carbocycles. The van der Waals surface area contributed by atoms with Crippen molar-refractivity contribution in [1.82, 2.24) is 16.0 Å². The number of nitrogens with two attached hydrogens (primary N) is 1. The Balaban J connectivity index is 5.15. The van der Waals surface area contributed by atoms with Crippen LogP contribution < -0.4 is 21.7 Å². The summed E-state index contributed by atoms with van der Waals surface area (Å²) in [6.07, 6.45) is 3.60. The SMILES string of the molecule is CSCCC(N)C(=O)NC(CCSC)C(=O)NC(CC(=O)O)C(=O)NCC(=O)O. The number of rotatable bonds is 15. The predicted octanol–water partition coefficient (Wildman–Crippen LogP) is -1.53. The van der Waals surface area contributed by atoms with E-state index < -0.39 is 60.8 Å². The molecule has 166 valence electrons. The largest absolute Gasteiger partial charge is 0.481 e. The van der Waals surface area contributed by atoms with Crippen molar-refractivity contribution in [3.8, 4) is 0 Å². The number of hydrogen-bond donors (Lipinski definition) is 6. The summed E-state index contributed by atoms with van der Waals surface area (Å²) in [6, 6.07) is -3.31. The number of hydrogen-bond acceptors (Lipinski definition) is 8. The first-order chi connectivity index (χ1) is 13.6. The topological polar surface area (TPSA) is 188 Å². The Morgan fingerprint density at radius 2 is 1.38 bits per heavy atom. The molecule has 0 aromatic rings. The van der Waals surface area contributed by atoms with Crippen LogP contribution >= 0.6 is 23.5 Å². The van der Waals surface area contributed by atoms with Crippen molar-refractivity contribution in [2.24, 2.45) is 5.73 Å². The van der Waals surface area contributed by atoms with Gasteiger partial charge in [-0.15, -0.1) is 0 Å². The Morgan fingerprint density at radius 3 is 1.90 bits per heavy atom. The summed E-state index contributed by atoms with van der Waals surface area (Å²) in [5.41, 5.74) is 5.80.